The van der Waals surface area contributed by atoms with E-state index in [1.807, 2.05) is 19.9 Å². The smallest absolute Gasteiger partial charge is 0.168 e. The van der Waals surface area contributed by atoms with Crippen LogP contribution in [0.15, 0.2) is 42.6 Å². The fourth-order valence-electron chi connectivity index (χ4n) is 4.14. The van der Waals surface area contributed by atoms with E-state index in [0.29, 0.717) is 12.0 Å². The Kier molecular flexibility index (Phi) is 4.64. The average molecular weight is 364 g/mol. The number of hydrogen-bond acceptors (Lipinski definition) is 4. The maximum atomic E-state index is 10.2. The molecule has 1 aromatic carbocycles. The molecule has 0 spiro atoms. The van der Waals surface area contributed by atoms with Gasteiger partial charge >= 0.3 is 0 Å². The van der Waals surface area contributed by atoms with Crippen LogP contribution in [0.4, 0.5) is 5.69 Å². The molecule has 1 aliphatic carbocycles. The first-order valence-corrected chi connectivity index (χ1v) is 9.81. The van der Waals surface area contributed by atoms with Crippen molar-refractivity contribution in [3.05, 3.63) is 48.2 Å². The molecule has 2 heterocycles. The van der Waals surface area contributed by atoms with E-state index < -0.39 is 5.60 Å². The number of pyridine rings is 1. The van der Waals surface area contributed by atoms with Crippen LogP contribution < -0.4 is 5.32 Å². The number of rotatable bonds is 4. The summed E-state index contributed by atoms with van der Waals surface area (Å²) < 4.78 is 2.06. The van der Waals surface area contributed by atoms with E-state index in [1.165, 1.54) is 5.56 Å². The molecule has 0 bridgehead atoms. The van der Waals surface area contributed by atoms with Gasteiger partial charge in [-0.05, 0) is 70.6 Å². The molecule has 5 nitrogen and oxygen atoms in total. The SMILES string of the molecule is Cc1cccc(-c2nnc3ccc(N[C@H]4CC[C@H](C(C)(C)O)CC4)cn23)c1. The molecule has 142 valence electrons. The van der Waals surface area contributed by atoms with Gasteiger partial charge < -0.3 is 10.4 Å². The van der Waals surface area contributed by atoms with Crippen molar-refractivity contribution in [1.29, 1.82) is 0 Å². The maximum Gasteiger partial charge on any atom is 0.168 e. The van der Waals surface area contributed by atoms with Crippen LogP contribution in [-0.4, -0.2) is 31.3 Å². The van der Waals surface area contributed by atoms with Gasteiger partial charge in [0.1, 0.15) is 0 Å². The van der Waals surface area contributed by atoms with Crippen molar-refractivity contribution in [2.75, 3.05) is 5.32 Å². The molecule has 2 aromatic heterocycles. The van der Waals surface area contributed by atoms with Crippen LogP contribution in [0.2, 0.25) is 0 Å². The summed E-state index contributed by atoms with van der Waals surface area (Å²) in [5, 5.41) is 22.6. The Bertz CT molecular complexity index is 933. The molecule has 4 rings (SSSR count). The number of hydrogen-bond donors (Lipinski definition) is 2. The Hall–Kier alpha value is -2.40. The van der Waals surface area contributed by atoms with E-state index in [2.05, 4.69) is 63.4 Å². The Labute approximate surface area is 160 Å². The lowest BCUT2D eigenvalue weighted by Crippen LogP contribution is -2.37. The number of fused-ring (bicyclic) bond motifs is 1. The Morgan fingerprint density at radius 1 is 1.07 bits per heavy atom. The topological polar surface area (TPSA) is 62.5 Å². The van der Waals surface area contributed by atoms with Gasteiger partial charge in [0.15, 0.2) is 11.5 Å². The Morgan fingerprint density at radius 3 is 2.56 bits per heavy atom. The third-order valence-electron chi connectivity index (χ3n) is 5.78. The number of nitrogens with one attached hydrogen (secondary N) is 1. The van der Waals surface area contributed by atoms with E-state index in [4.69, 9.17) is 0 Å². The van der Waals surface area contributed by atoms with Crippen molar-refractivity contribution >= 4 is 11.3 Å². The summed E-state index contributed by atoms with van der Waals surface area (Å²) in [7, 11) is 0. The summed E-state index contributed by atoms with van der Waals surface area (Å²) in [6.45, 7) is 5.94. The fraction of sp³-hybridized carbons (Fsp3) is 0.455. The van der Waals surface area contributed by atoms with Gasteiger partial charge in [-0.2, -0.15) is 0 Å². The molecule has 0 unspecified atom stereocenters. The highest BCUT2D eigenvalue weighted by Crippen LogP contribution is 2.33. The summed E-state index contributed by atoms with van der Waals surface area (Å²) in [6.07, 6.45) is 6.38. The number of nitrogens with zero attached hydrogens (tertiary/aromatic N) is 3. The van der Waals surface area contributed by atoms with Gasteiger partial charge in [-0.1, -0.05) is 23.8 Å². The van der Waals surface area contributed by atoms with Crippen LogP contribution in [0.5, 0.6) is 0 Å². The van der Waals surface area contributed by atoms with Gasteiger partial charge in [0.05, 0.1) is 11.3 Å². The first kappa shape index (κ1) is 18.0. The third kappa shape index (κ3) is 3.83. The monoisotopic (exact) mass is 364 g/mol. The molecule has 5 heteroatoms. The normalized spacial score (nSPS) is 20.7. The number of benzene rings is 1. The largest absolute Gasteiger partial charge is 0.390 e. The number of aliphatic hydroxyl groups is 1. The summed E-state index contributed by atoms with van der Waals surface area (Å²) >= 11 is 0. The number of aryl methyl sites for hydroxylation is 1. The van der Waals surface area contributed by atoms with Gasteiger partial charge in [-0.15, -0.1) is 10.2 Å². The zero-order valence-electron chi connectivity index (χ0n) is 16.3. The molecule has 0 saturated heterocycles. The van der Waals surface area contributed by atoms with Crippen molar-refractivity contribution in [2.45, 2.75) is 58.1 Å². The first-order chi connectivity index (χ1) is 12.9. The van der Waals surface area contributed by atoms with E-state index in [-0.39, 0.29) is 0 Å². The molecule has 1 saturated carbocycles. The Morgan fingerprint density at radius 2 is 1.85 bits per heavy atom. The maximum absolute atomic E-state index is 10.2. The second kappa shape index (κ2) is 6.97. The molecule has 0 radical (unpaired) electrons. The molecule has 3 aromatic rings. The van der Waals surface area contributed by atoms with Crippen molar-refractivity contribution in [3.63, 3.8) is 0 Å². The molecule has 1 fully saturated rings. The van der Waals surface area contributed by atoms with Crippen LogP contribution in [-0.2, 0) is 0 Å². The molecule has 2 N–H and O–H groups in total. The predicted molar refractivity (Wildman–Crippen MR) is 109 cm³/mol. The summed E-state index contributed by atoms with van der Waals surface area (Å²) in [5.74, 6) is 1.26. The highest BCUT2D eigenvalue weighted by atomic mass is 16.3. The van der Waals surface area contributed by atoms with Crippen LogP contribution in [0, 0.1) is 12.8 Å². The minimum Gasteiger partial charge on any atom is -0.390 e. The lowest BCUT2D eigenvalue weighted by molar-refractivity contribution is -0.000391. The van der Waals surface area contributed by atoms with Gasteiger partial charge in [-0.3, -0.25) is 4.40 Å². The highest BCUT2D eigenvalue weighted by molar-refractivity contribution is 5.62. The van der Waals surface area contributed by atoms with Crippen LogP contribution >= 0.6 is 0 Å². The zero-order valence-corrected chi connectivity index (χ0v) is 16.3. The minimum absolute atomic E-state index is 0.392. The number of aromatic nitrogens is 3. The lowest BCUT2D eigenvalue weighted by atomic mass is 9.77. The number of anilines is 1. The van der Waals surface area contributed by atoms with Crippen LogP contribution in [0.1, 0.15) is 45.1 Å². The molecule has 0 atom stereocenters. The zero-order chi connectivity index (χ0) is 19.0. The molecule has 1 aliphatic rings. The second-order valence-corrected chi connectivity index (χ2v) is 8.39. The summed E-state index contributed by atoms with van der Waals surface area (Å²) in [4.78, 5) is 0. The first-order valence-electron chi connectivity index (χ1n) is 9.81. The molecule has 0 aliphatic heterocycles. The van der Waals surface area contributed by atoms with Gasteiger partial charge in [0.2, 0.25) is 0 Å². The van der Waals surface area contributed by atoms with E-state index in [0.717, 1.165) is 48.4 Å². The third-order valence-corrected chi connectivity index (χ3v) is 5.78. The van der Waals surface area contributed by atoms with Crippen LogP contribution in [0.3, 0.4) is 0 Å². The van der Waals surface area contributed by atoms with Crippen molar-refractivity contribution < 1.29 is 5.11 Å². The van der Waals surface area contributed by atoms with E-state index in [1.54, 1.807) is 0 Å². The highest BCUT2D eigenvalue weighted by Gasteiger charge is 2.31. The van der Waals surface area contributed by atoms with Gasteiger partial charge in [-0.25, -0.2) is 0 Å². The molecule has 27 heavy (non-hydrogen) atoms. The van der Waals surface area contributed by atoms with Gasteiger partial charge in [0.25, 0.3) is 0 Å². The molecular formula is C22H28N4O. The summed E-state index contributed by atoms with van der Waals surface area (Å²) in [5.41, 5.74) is 3.65. The van der Waals surface area contributed by atoms with E-state index >= 15 is 0 Å². The van der Waals surface area contributed by atoms with Crippen molar-refractivity contribution in [1.82, 2.24) is 14.6 Å². The van der Waals surface area contributed by atoms with Crippen molar-refractivity contribution in [2.24, 2.45) is 5.92 Å². The average Bonchev–Trinajstić information content (AvgIpc) is 3.05. The standard InChI is InChI=1S/C22H28N4O/c1-15-5-4-6-16(13-15)21-25-24-20-12-11-19(14-26(20)21)23-18-9-7-17(8-10-18)22(2,3)27/h4-6,11-14,17-18,23,27H,7-10H2,1-3H3/t17-,18-. The van der Waals surface area contributed by atoms with Gasteiger partial charge in [0, 0.05) is 17.8 Å². The lowest BCUT2D eigenvalue weighted by Gasteiger charge is -2.36. The quantitative estimate of drug-likeness (QED) is 0.718. The molecular weight excluding hydrogens is 336 g/mol. The van der Waals surface area contributed by atoms with E-state index in [9.17, 15) is 5.11 Å². The fourth-order valence-corrected chi connectivity index (χ4v) is 4.14. The minimum atomic E-state index is -0.574. The predicted octanol–water partition coefficient (Wildman–Crippen LogP) is 4.45. The van der Waals surface area contributed by atoms with Crippen molar-refractivity contribution in [3.8, 4) is 11.4 Å². The second-order valence-electron chi connectivity index (χ2n) is 8.39. The molecule has 0 amide bonds. The Balaban J connectivity index is 1.53. The van der Waals surface area contributed by atoms with Crippen LogP contribution in [0.25, 0.3) is 17.0 Å². The summed E-state index contributed by atoms with van der Waals surface area (Å²) in [6, 6.07) is 12.9.